The highest BCUT2D eigenvalue weighted by atomic mass is 15.2. The van der Waals surface area contributed by atoms with Crippen LogP contribution in [0.5, 0.6) is 0 Å². The molecule has 0 radical (unpaired) electrons. The van der Waals surface area contributed by atoms with Gasteiger partial charge in [0.1, 0.15) is 5.82 Å². The Balaban J connectivity index is 2.39. The van der Waals surface area contributed by atoms with E-state index in [1.807, 2.05) is 12.1 Å². The van der Waals surface area contributed by atoms with Gasteiger partial charge < -0.3 is 0 Å². The van der Waals surface area contributed by atoms with Crippen LogP contribution >= 0.6 is 0 Å². The normalized spacial score (nSPS) is 10.4. The summed E-state index contributed by atoms with van der Waals surface area (Å²) in [6, 6.07) is 8.20. The number of rotatable bonds is 2. The smallest absolute Gasteiger partial charge is 0.181 e. The average molecular weight is 187 g/mol. The number of nitrogens with zero attached hydrogens (tertiary/aromatic N) is 2. The number of aromatic amines is 1. The minimum Gasteiger partial charge on any atom is -0.263 e. The van der Waals surface area contributed by atoms with Crippen molar-refractivity contribution in [3.63, 3.8) is 0 Å². The molecule has 0 aliphatic carbocycles. The van der Waals surface area contributed by atoms with Crippen LogP contribution in [0, 0.1) is 6.92 Å². The van der Waals surface area contributed by atoms with Gasteiger partial charge >= 0.3 is 0 Å². The molecule has 1 aromatic heterocycles. The van der Waals surface area contributed by atoms with Crippen molar-refractivity contribution in [2.75, 3.05) is 0 Å². The lowest BCUT2D eigenvalue weighted by Gasteiger charge is -1.95. The van der Waals surface area contributed by atoms with Gasteiger partial charge in [-0.15, -0.1) is 0 Å². The molecule has 0 unspecified atom stereocenters. The first-order chi connectivity index (χ1) is 6.79. The summed E-state index contributed by atoms with van der Waals surface area (Å²) in [6.45, 7) is 4.12. The predicted molar refractivity (Wildman–Crippen MR) is 55.9 cm³/mol. The summed E-state index contributed by atoms with van der Waals surface area (Å²) >= 11 is 0. The van der Waals surface area contributed by atoms with E-state index in [1.54, 1.807) is 0 Å². The third-order valence-electron chi connectivity index (χ3n) is 2.14. The topological polar surface area (TPSA) is 41.6 Å². The van der Waals surface area contributed by atoms with Crippen LogP contribution in [0.4, 0.5) is 0 Å². The fourth-order valence-corrected chi connectivity index (χ4v) is 1.37. The second-order valence-electron chi connectivity index (χ2n) is 3.33. The molecule has 14 heavy (non-hydrogen) atoms. The summed E-state index contributed by atoms with van der Waals surface area (Å²) in [4.78, 5) is 4.37. The molecule has 1 heterocycles. The van der Waals surface area contributed by atoms with Crippen LogP contribution in [-0.2, 0) is 6.42 Å². The number of H-pyrrole nitrogens is 1. The number of hydrogen-bond acceptors (Lipinski definition) is 2. The second-order valence-corrected chi connectivity index (χ2v) is 3.33. The molecule has 0 bridgehead atoms. The number of benzene rings is 1. The molecule has 3 nitrogen and oxygen atoms in total. The van der Waals surface area contributed by atoms with E-state index in [2.05, 4.69) is 41.2 Å². The van der Waals surface area contributed by atoms with Crippen LogP contribution in [0.1, 0.15) is 18.3 Å². The second kappa shape index (κ2) is 3.62. The highest BCUT2D eigenvalue weighted by Crippen LogP contribution is 2.15. The minimum atomic E-state index is 0.783. The highest BCUT2D eigenvalue weighted by Gasteiger charge is 2.03. The van der Waals surface area contributed by atoms with E-state index >= 15 is 0 Å². The zero-order valence-corrected chi connectivity index (χ0v) is 8.41. The molecule has 0 amide bonds. The van der Waals surface area contributed by atoms with E-state index in [-0.39, 0.29) is 0 Å². The van der Waals surface area contributed by atoms with Gasteiger partial charge in [0, 0.05) is 12.0 Å². The lowest BCUT2D eigenvalue weighted by atomic mass is 10.1. The maximum absolute atomic E-state index is 4.37. The molecule has 0 saturated carbocycles. The van der Waals surface area contributed by atoms with Gasteiger partial charge in [-0.25, -0.2) is 4.98 Å². The maximum Gasteiger partial charge on any atom is 0.181 e. The van der Waals surface area contributed by atoms with E-state index in [4.69, 9.17) is 0 Å². The molecule has 1 aromatic carbocycles. The van der Waals surface area contributed by atoms with Crippen molar-refractivity contribution in [1.29, 1.82) is 0 Å². The highest BCUT2D eigenvalue weighted by molar-refractivity contribution is 5.55. The molecule has 0 fully saturated rings. The number of aromatic nitrogens is 3. The third-order valence-corrected chi connectivity index (χ3v) is 2.14. The van der Waals surface area contributed by atoms with Gasteiger partial charge in [-0.05, 0) is 13.0 Å². The van der Waals surface area contributed by atoms with Crippen molar-refractivity contribution in [3.05, 3.63) is 35.7 Å². The van der Waals surface area contributed by atoms with E-state index in [0.29, 0.717) is 0 Å². The molecule has 3 heteroatoms. The van der Waals surface area contributed by atoms with Crippen molar-refractivity contribution in [3.8, 4) is 11.4 Å². The Bertz CT molecular complexity index is 432. The molecule has 0 aliphatic heterocycles. The molecule has 2 rings (SSSR count). The Morgan fingerprint density at radius 1 is 1.36 bits per heavy atom. The van der Waals surface area contributed by atoms with Gasteiger partial charge in [0.2, 0.25) is 0 Å². The molecule has 0 aliphatic rings. The van der Waals surface area contributed by atoms with Crippen LogP contribution in [0.2, 0.25) is 0 Å². The van der Waals surface area contributed by atoms with Crippen molar-refractivity contribution in [2.24, 2.45) is 0 Å². The molecular weight excluding hydrogens is 174 g/mol. The van der Waals surface area contributed by atoms with E-state index in [9.17, 15) is 0 Å². The molecule has 1 N–H and O–H groups in total. The molecule has 0 saturated heterocycles. The largest absolute Gasteiger partial charge is 0.263 e. The lowest BCUT2D eigenvalue weighted by molar-refractivity contribution is 0.946. The minimum absolute atomic E-state index is 0.783. The predicted octanol–water partition coefficient (Wildman–Crippen LogP) is 2.34. The third kappa shape index (κ3) is 1.66. The van der Waals surface area contributed by atoms with Gasteiger partial charge in [-0.1, -0.05) is 30.7 Å². The zero-order valence-electron chi connectivity index (χ0n) is 8.41. The first-order valence-corrected chi connectivity index (χ1v) is 4.78. The first kappa shape index (κ1) is 8.94. The van der Waals surface area contributed by atoms with E-state index < -0.39 is 0 Å². The lowest BCUT2D eigenvalue weighted by Crippen LogP contribution is -1.83. The number of hydrogen-bond donors (Lipinski definition) is 1. The van der Waals surface area contributed by atoms with Gasteiger partial charge in [0.25, 0.3) is 0 Å². The van der Waals surface area contributed by atoms with Crippen LogP contribution in [0.25, 0.3) is 11.4 Å². The monoisotopic (exact) mass is 187 g/mol. The Morgan fingerprint density at radius 3 is 2.86 bits per heavy atom. The quantitative estimate of drug-likeness (QED) is 0.784. The van der Waals surface area contributed by atoms with Gasteiger partial charge in [0.05, 0.1) is 0 Å². The summed E-state index contributed by atoms with van der Waals surface area (Å²) in [7, 11) is 0. The Morgan fingerprint density at radius 2 is 2.21 bits per heavy atom. The summed E-state index contributed by atoms with van der Waals surface area (Å²) in [5.41, 5.74) is 2.30. The van der Waals surface area contributed by atoms with Crippen molar-refractivity contribution in [1.82, 2.24) is 15.2 Å². The van der Waals surface area contributed by atoms with Crippen molar-refractivity contribution in [2.45, 2.75) is 20.3 Å². The van der Waals surface area contributed by atoms with Crippen LogP contribution in [-0.4, -0.2) is 15.2 Å². The van der Waals surface area contributed by atoms with Gasteiger partial charge in [0.15, 0.2) is 5.82 Å². The molecule has 72 valence electrons. The Hall–Kier alpha value is -1.64. The standard InChI is InChI=1S/C11H13N3/c1-3-10-12-11(14-13-10)9-6-4-5-8(2)7-9/h4-7H,3H2,1-2H3,(H,12,13,14). The zero-order chi connectivity index (χ0) is 9.97. The van der Waals surface area contributed by atoms with Gasteiger partial charge in [-0.3, -0.25) is 5.10 Å². The maximum atomic E-state index is 4.37. The summed E-state index contributed by atoms with van der Waals surface area (Å²) in [5, 5.41) is 7.07. The summed E-state index contributed by atoms with van der Waals surface area (Å²) in [5.74, 6) is 1.71. The van der Waals surface area contributed by atoms with Crippen molar-refractivity contribution >= 4 is 0 Å². The van der Waals surface area contributed by atoms with E-state index in [1.165, 1.54) is 5.56 Å². The van der Waals surface area contributed by atoms with E-state index in [0.717, 1.165) is 23.6 Å². The van der Waals surface area contributed by atoms with Crippen molar-refractivity contribution < 1.29 is 0 Å². The molecular formula is C11H13N3. The number of nitrogens with one attached hydrogen (secondary N) is 1. The van der Waals surface area contributed by atoms with Crippen LogP contribution in [0.3, 0.4) is 0 Å². The average Bonchev–Trinajstić information content (AvgIpc) is 2.66. The fraction of sp³-hybridized carbons (Fsp3) is 0.273. The van der Waals surface area contributed by atoms with Gasteiger partial charge in [-0.2, -0.15) is 5.10 Å². The fourth-order valence-electron chi connectivity index (χ4n) is 1.37. The molecule has 0 spiro atoms. The van der Waals surface area contributed by atoms with Crippen LogP contribution < -0.4 is 0 Å². The molecule has 2 aromatic rings. The number of aryl methyl sites for hydroxylation is 2. The van der Waals surface area contributed by atoms with Crippen LogP contribution in [0.15, 0.2) is 24.3 Å². The summed E-state index contributed by atoms with van der Waals surface area (Å²) < 4.78 is 0. The Labute approximate surface area is 83.2 Å². The Kier molecular flexibility index (Phi) is 2.31. The molecule has 0 atom stereocenters. The first-order valence-electron chi connectivity index (χ1n) is 4.78. The summed E-state index contributed by atoms with van der Waals surface area (Å²) in [6.07, 6.45) is 0.888. The SMILES string of the molecule is CCc1nc(-c2cccc(C)c2)n[nH]1.